The third kappa shape index (κ3) is 2.95. The molecule has 1 amide bonds. The molecule has 0 N–H and O–H groups in total. The maximum atomic E-state index is 11.8. The van der Waals surface area contributed by atoms with Crippen LogP contribution in [0.3, 0.4) is 0 Å². The fourth-order valence-corrected chi connectivity index (χ4v) is 3.23. The Bertz CT molecular complexity index is 434. The van der Waals surface area contributed by atoms with Crippen LogP contribution in [-0.2, 0) is 11.3 Å². The van der Waals surface area contributed by atoms with Crippen LogP contribution in [0.1, 0.15) is 31.2 Å². The molecule has 4 nitrogen and oxygen atoms in total. The Hall–Kier alpha value is -1.42. The minimum Gasteiger partial charge on any atom is -0.338 e. The first-order valence-electron chi connectivity index (χ1n) is 7.23. The number of aromatic nitrogens is 1. The molecule has 2 aliphatic rings. The number of likely N-dealkylation sites (tertiary alicyclic amines) is 2. The van der Waals surface area contributed by atoms with E-state index in [1.54, 1.807) is 0 Å². The zero-order chi connectivity index (χ0) is 13.1. The van der Waals surface area contributed by atoms with Gasteiger partial charge < -0.3 is 4.90 Å². The van der Waals surface area contributed by atoms with Gasteiger partial charge in [0.1, 0.15) is 0 Å². The average Bonchev–Trinajstić information content (AvgIpc) is 2.86. The van der Waals surface area contributed by atoms with Crippen LogP contribution < -0.4 is 0 Å². The largest absolute Gasteiger partial charge is 0.338 e. The maximum absolute atomic E-state index is 11.8. The standard InChI is InChI=1S/C15H21N3O/c19-15-4-2-10-18(15)14-3-1-9-17(12-14)11-13-5-7-16-8-6-13/h5-8,14H,1-4,9-12H2/t14-/m1/s1. The van der Waals surface area contributed by atoms with Crippen molar-refractivity contribution in [3.05, 3.63) is 30.1 Å². The number of hydrogen-bond acceptors (Lipinski definition) is 3. The second-order valence-corrected chi connectivity index (χ2v) is 5.58. The Kier molecular flexibility index (Phi) is 3.78. The van der Waals surface area contributed by atoms with Crippen molar-refractivity contribution in [2.24, 2.45) is 0 Å². The monoisotopic (exact) mass is 259 g/mol. The topological polar surface area (TPSA) is 36.4 Å². The second kappa shape index (κ2) is 5.70. The molecule has 2 fully saturated rings. The number of hydrogen-bond donors (Lipinski definition) is 0. The molecule has 0 radical (unpaired) electrons. The molecule has 1 atom stereocenters. The summed E-state index contributed by atoms with van der Waals surface area (Å²) in [6, 6.07) is 4.58. The van der Waals surface area contributed by atoms with Gasteiger partial charge in [0, 0.05) is 44.5 Å². The first kappa shape index (κ1) is 12.6. The highest BCUT2D eigenvalue weighted by Gasteiger charge is 2.31. The van der Waals surface area contributed by atoms with E-state index in [0.29, 0.717) is 11.9 Å². The first-order chi connectivity index (χ1) is 9.33. The molecule has 4 heteroatoms. The fraction of sp³-hybridized carbons (Fsp3) is 0.600. The number of carbonyl (C=O) groups excluding carboxylic acids is 1. The van der Waals surface area contributed by atoms with Gasteiger partial charge in [-0.3, -0.25) is 14.7 Å². The molecule has 0 bridgehead atoms. The van der Waals surface area contributed by atoms with Crippen molar-refractivity contribution in [3.63, 3.8) is 0 Å². The van der Waals surface area contributed by atoms with Gasteiger partial charge in [0.2, 0.25) is 5.91 Å². The Labute approximate surface area is 114 Å². The Morgan fingerprint density at radius 2 is 2.05 bits per heavy atom. The zero-order valence-electron chi connectivity index (χ0n) is 11.3. The molecule has 0 saturated carbocycles. The normalized spacial score (nSPS) is 24.9. The lowest BCUT2D eigenvalue weighted by atomic mass is 10.0. The van der Waals surface area contributed by atoms with Crippen LogP contribution in [0.2, 0.25) is 0 Å². The van der Waals surface area contributed by atoms with Crippen LogP contribution in [0.15, 0.2) is 24.5 Å². The van der Waals surface area contributed by atoms with Crippen molar-refractivity contribution in [2.75, 3.05) is 19.6 Å². The molecule has 3 rings (SSSR count). The van der Waals surface area contributed by atoms with E-state index in [1.165, 1.54) is 18.4 Å². The molecule has 2 aliphatic heterocycles. The van der Waals surface area contributed by atoms with E-state index in [4.69, 9.17) is 0 Å². The molecule has 0 spiro atoms. The summed E-state index contributed by atoms with van der Waals surface area (Å²) < 4.78 is 0. The highest BCUT2D eigenvalue weighted by Crippen LogP contribution is 2.22. The first-order valence-corrected chi connectivity index (χ1v) is 7.23. The summed E-state index contributed by atoms with van der Waals surface area (Å²) in [7, 11) is 0. The fourth-order valence-electron chi connectivity index (χ4n) is 3.23. The van der Waals surface area contributed by atoms with Gasteiger partial charge >= 0.3 is 0 Å². The summed E-state index contributed by atoms with van der Waals surface area (Å²) in [5, 5.41) is 0. The molecule has 2 saturated heterocycles. The van der Waals surface area contributed by atoms with E-state index in [-0.39, 0.29) is 0 Å². The number of amides is 1. The average molecular weight is 259 g/mol. The number of carbonyl (C=O) groups is 1. The highest BCUT2D eigenvalue weighted by molar-refractivity contribution is 5.78. The van der Waals surface area contributed by atoms with Crippen molar-refractivity contribution in [2.45, 2.75) is 38.3 Å². The molecule has 1 aromatic heterocycles. The van der Waals surface area contributed by atoms with Gasteiger partial charge in [0.05, 0.1) is 0 Å². The minimum atomic E-state index is 0.357. The van der Waals surface area contributed by atoms with Gasteiger partial charge in [-0.2, -0.15) is 0 Å². The van der Waals surface area contributed by atoms with Gasteiger partial charge in [-0.05, 0) is 43.5 Å². The molecule has 19 heavy (non-hydrogen) atoms. The summed E-state index contributed by atoms with van der Waals surface area (Å²) in [5.74, 6) is 0.357. The summed E-state index contributed by atoms with van der Waals surface area (Å²) in [6.45, 7) is 4.10. The van der Waals surface area contributed by atoms with E-state index < -0.39 is 0 Å². The summed E-state index contributed by atoms with van der Waals surface area (Å²) in [5.41, 5.74) is 1.31. The molecule has 102 valence electrons. The molecular formula is C15H21N3O. The Balaban J connectivity index is 1.60. The SMILES string of the molecule is O=C1CCCN1[C@@H]1CCCN(Cc2ccncc2)C1. The third-order valence-electron chi connectivity index (χ3n) is 4.19. The van der Waals surface area contributed by atoms with Crippen molar-refractivity contribution >= 4 is 5.91 Å². The van der Waals surface area contributed by atoms with Gasteiger partial charge in [0.15, 0.2) is 0 Å². The lowest BCUT2D eigenvalue weighted by molar-refractivity contribution is -0.130. The van der Waals surface area contributed by atoms with Crippen LogP contribution in [0.25, 0.3) is 0 Å². The molecule has 3 heterocycles. The number of pyridine rings is 1. The predicted molar refractivity (Wildman–Crippen MR) is 73.5 cm³/mol. The van der Waals surface area contributed by atoms with Crippen molar-refractivity contribution in [1.82, 2.24) is 14.8 Å². The molecule has 1 aromatic rings. The van der Waals surface area contributed by atoms with Crippen molar-refractivity contribution < 1.29 is 4.79 Å². The van der Waals surface area contributed by atoms with Crippen LogP contribution in [0, 0.1) is 0 Å². The van der Waals surface area contributed by atoms with Gasteiger partial charge in [0.25, 0.3) is 0 Å². The van der Waals surface area contributed by atoms with Gasteiger partial charge in [-0.25, -0.2) is 0 Å². The Morgan fingerprint density at radius 1 is 1.21 bits per heavy atom. The van der Waals surface area contributed by atoms with E-state index >= 15 is 0 Å². The van der Waals surface area contributed by atoms with E-state index in [9.17, 15) is 4.79 Å². The van der Waals surface area contributed by atoms with Crippen LogP contribution in [-0.4, -0.2) is 46.4 Å². The molecule has 0 unspecified atom stereocenters. The smallest absolute Gasteiger partial charge is 0.222 e. The minimum absolute atomic E-state index is 0.357. The summed E-state index contributed by atoms with van der Waals surface area (Å²) in [6.07, 6.45) is 7.85. The summed E-state index contributed by atoms with van der Waals surface area (Å²) >= 11 is 0. The van der Waals surface area contributed by atoms with E-state index in [0.717, 1.165) is 39.0 Å². The number of rotatable bonds is 3. The van der Waals surface area contributed by atoms with Crippen molar-refractivity contribution in [1.29, 1.82) is 0 Å². The van der Waals surface area contributed by atoms with Crippen LogP contribution >= 0.6 is 0 Å². The second-order valence-electron chi connectivity index (χ2n) is 5.58. The number of nitrogens with zero attached hydrogens (tertiary/aromatic N) is 3. The highest BCUT2D eigenvalue weighted by atomic mass is 16.2. The van der Waals surface area contributed by atoms with Crippen LogP contribution in [0.4, 0.5) is 0 Å². The van der Waals surface area contributed by atoms with Crippen molar-refractivity contribution in [3.8, 4) is 0 Å². The maximum Gasteiger partial charge on any atom is 0.222 e. The molecular weight excluding hydrogens is 238 g/mol. The summed E-state index contributed by atoms with van der Waals surface area (Å²) in [4.78, 5) is 20.5. The lowest BCUT2D eigenvalue weighted by Gasteiger charge is -2.37. The van der Waals surface area contributed by atoms with Crippen LogP contribution in [0.5, 0.6) is 0 Å². The predicted octanol–water partition coefficient (Wildman–Crippen LogP) is 1.67. The molecule has 0 aliphatic carbocycles. The lowest BCUT2D eigenvalue weighted by Crippen LogP contribution is -2.48. The Morgan fingerprint density at radius 3 is 2.79 bits per heavy atom. The quantitative estimate of drug-likeness (QED) is 0.828. The van der Waals surface area contributed by atoms with E-state index in [1.807, 2.05) is 12.4 Å². The third-order valence-corrected chi connectivity index (χ3v) is 4.19. The zero-order valence-corrected chi connectivity index (χ0v) is 11.3. The van der Waals surface area contributed by atoms with E-state index in [2.05, 4.69) is 26.9 Å². The number of piperidine rings is 1. The molecule has 0 aromatic carbocycles. The van der Waals surface area contributed by atoms with Gasteiger partial charge in [-0.15, -0.1) is 0 Å². The van der Waals surface area contributed by atoms with Gasteiger partial charge in [-0.1, -0.05) is 0 Å².